The molecule has 0 saturated carbocycles. The van der Waals surface area contributed by atoms with Gasteiger partial charge in [-0.05, 0) is 11.1 Å². The third-order valence-corrected chi connectivity index (χ3v) is 3.21. The molecule has 0 spiro atoms. The summed E-state index contributed by atoms with van der Waals surface area (Å²) in [6.45, 7) is 0.580. The molecule has 0 fully saturated rings. The summed E-state index contributed by atoms with van der Waals surface area (Å²) >= 11 is 0. The van der Waals surface area contributed by atoms with Crippen molar-refractivity contribution in [1.29, 1.82) is 0 Å². The molecule has 4 nitrogen and oxygen atoms in total. The molecule has 1 aromatic carbocycles. The van der Waals surface area contributed by atoms with Gasteiger partial charge in [-0.2, -0.15) is 13.2 Å². The molecule has 1 unspecified atom stereocenters. The largest absolute Gasteiger partial charge is 0.409 e. The molecular formula is C12H14F3N3O. The first kappa shape index (κ1) is 13.7. The van der Waals surface area contributed by atoms with Crippen molar-refractivity contribution in [3.8, 4) is 0 Å². The summed E-state index contributed by atoms with van der Waals surface area (Å²) in [6, 6.07) is 7.49. The first-order chi connectivity index (χ1) is 8.91. The molecule has 104 valence electrons. The molecule has 1 aromatic rings. The molecule has 7 heteroatoms. The van der Waals surface area contributed by atoms with Crippen LogP contribution < -0.4 is 5.73 Å². The fourth-order valence-corrected chi connectivity index (χ4v) is 2.23. The summed E-state index contributed by atoms with van der Waals surface area (Å²) in [4.78, 5) is 1.64. The van der Waals surface area contributed by atoms with Crippen LogP contribution in [0, 0.1) is 5.92 Å². The van der Waals surface area contributed by atoms with Crippen LogP contribution in [0.1, 0.15) is 11.1 Å². The van der Waals surface area contributed by atoms with Crippen LogP contribution in [0.4, 0.5) is 13.2 Å². The standard InChI is InChI=1S/C12H14F3N3O/c13-12(14,15)10(11(16)17-19)7-18-5-8-3-1-2-4-9(8)6-18/h1-4,10,19H,5-7H2,(H2,16,17). The van der Waals surface area contributed by atoms with Crippen LogP contribution in [0.5, 0.6) is 0 Å². The molecule has 1 aliphatic heterocycles. The first-order valence-electron chi connectivity index (χ1n) is 5.75. The van der Waals surface area contributed by atoms with Gasteiger partial charge >= 0.3 is 6.18 Å². The number of oxime groups is 1. The summed E-state index contributed by atoms with van der Waals surface area (Å²) in [6.07, 6.45) is -4.52. The van der Waals surface area contributed by atoms with E-state index in [1.165, 1.54) is 0 Å². The van der Waals surface area contributed by atoms with E-state index in [9.17, 15) is 13.2 Å². The highest BCUT2D eigenvalue weighted by molar-refractivity contribution is 5.83. The molecule has 0 aliphatic carbocycles. The number of nitrogens with zero attached hydrogens (tertiary/aromatic N) is 2. The summed E-state index contributed by atoms with van der Waals surface area (Å²) in [5.74, 6) is -2.75. The lowest BCUT2D eigenvalue weighted by molar-refractivity contribution is -0.160. The van der Waals surface area contributed by atoms with E-state index in [0.29, 0.717) is 13.1 Å². The Morgan fingerprint density at radius 1 is 1.32 bits per heavy atom. The molecule has 0 saturated heterocycles. The van der Waals surface area contributed by atoms with Gasteiger partial charge in [-0.1, -0.05) is 29.4 Å². The van der Waals surface area contributed by atoms with Crippen LogP contribution in [0.15, 0.2) is 29.4 Å². The van der Waals surface area contributed by atoms with Crippen molar-refractivity contribution >= 4 is 5.84 Å². The quantitative estimate of drug-likeness (QED) is 0.383. The van der Waals surface area contributed by atoms with Crippen LogP contribution in [0.2, 0.25) is 0 Å². The van der Waals surface area contributed by atoms with Crippen molar-refractivity contribution in [2.45, 2.75) is 19.3 Å². The Morgan fingerprint density at radius 2 is 1.84 bits per heavy atom. The molecule has 2 rings (SSSR count). The second-order valence-electron chi connectivity index (χ2n) is 4.56. The highest BCUT2D eigenvalue weighted by atomic mass is 19.4. The normalized spacial score (nSPS) is 18.4. The van der Waals surface area contributed by atoms with Gasteiger partial charge in [0, 0.05) is 19.6 Å². The minimum absolute atomic E-state index is 0.311. The zero-order valence-electron chi connectivity index (χ0n) is 10.1. The molecule has 1 heterocycles. The van der Waals surface area contributed by atoms with Gasteiger partial charge < -0.3 is 10.9 Å². The number of alkyl halides is 3. The molecule has 0 amide bonds. The Bertz CT molecular complexity index is 462. The molecule has 1 aliphatic rings. The molecule has 0 aromatic heterocycles. The van der Waals surface area contributed by atoms with Crippen molar-refractivity contribution in [3.63, 3.8) is 0 Å². The fraction of sp³-hybridized carbons (Fsp3) is 0.417. The predicted molar refractivity (Wildman–Crippen MR) is 63.5 cm³/mol. The van der Waals surface area contributed by atoms with Crippen LogP contribution in [-0.4, -0.2) is 28.7 Å². The van der Waals surface area contributed by atoms with Gasteiger partial charge in [0.1, 0.15) is 5.92 Å². The van der Waals surface area contributed by atoms with Crippen LogP contribution in [-0.2, 0) is 13.1 Å². The number of nitrogens with two attached hydrogens (primary N) is 1. The third kappa shape index (κ3) is 2.98. The predicted octanol–water partition coefficient (Wildman–Crippen LogP) is 1.93. The van der Waals surface area contributed by atoms with E-state index in [4.69, 9.17) is 10.9 Å². The maximum atomic E-state index is 12.8. The van der Waals surface area contributed by atoms with Crippen molar-refractivity contribution in [2.24, 2.45) is 16.8 Å². The van der Waals surface area contributed by atoms with Crippen molar-refractivity contribution in [1.82, 2.24) is 4.90 Å². The lowest BCUT2D eigenvalue weighted by atomic mass is 10.1. The number of benzene rings is 1. The van der Waals surface area contributed by atoms with E-state index in [-0.39, 0.29) is 6.54 Å². The maximum Gasteiger partial charge on any atom is 0.400 e. The number of halogens is 3. The monoisotopic (exact) mass is 273 g/mol. The zero-order valence-corrected chi connectivity index (χ0v) is 10.1. The molecule has 19 heavy (non-hydrogen) atoms. The van der Waals surface area contributed by atoms with Gasteiger partial charge in [0.25, 0.3) is 0 Å². The Balaban J connectivity index is 2.09. The lowest BCUT2D eigenvalue weighted by Crippen LogP contribution is -2.43. The van der Waals surface area contributed by atoms with E-state index in [2.05, 4.69) is 5.16 Å². The molecule has 0 radical (unpaired) electrons. The van der Waals surface area contributed by atoms with E-state index in [0.717, 1.165) is 11.1 Å². The fourth-order valence-electron chi connectivity index (χ4n) is 2.23. The Kier molecular flexibility index (Phi) is 3.66. The highest BCUT2D eigenvalue weighted by Crippen LogP contribution is 2.30. The van der Waals surface area contributed by atoms with Gasteiger partial charge in [0.05, 0.1) is 0 Å². The second-order valence-corrected chi connectivity index (χ2v) is 4.56. The SMILES string of the molecule is N/C(=N/O)C(CN1Cc2ccccc2C1)C(F)(F)F. The van der Waals surface area contributed by atoms with Crippen LogP contribution in [0.3, 0.4) is 0 Å². The van der Waals surface area contributed by atoms with E-state index >= 15 is 0 Å². The topological polar surface area (TPSA) is 61.9 Å². The van der Waals surface area contributed by atoms with E-state index in [1.807, 2.05) is 24.3 Å². The molecule has 0 bridgehead atoms. The van der Waals surface area contributed by atoms with Crippen LogP contribution >= 0.6 is 0 Å². The molecular weight excluding hydrogens is 259 g/mol. The van der Waals surface area contributed by atoms with Gasteiger partial charge in [0.15, 0.2) is 5.84 Å². The molecule has 1 atom stereocenters. The van der Waals surface area contributed by atoms with Crippen molar-refractivity contribution in [2.75, 3.05) is 6.54 Å². The minimum Gasteiger partial charge on any atom is -0.409 e. The number of amidine groups is 1. The maximum absolute atomic E-state index is 12.8. The number of fused-ring (bicyclic) bond motifs is 1. The van der Waals surface area contributed by atoms with Gasteiger partial charge in [-0.3, -0.25) is 4.90 Å². The number of hydrogen-bond acceptors (Lipinski definition) is 3. The Hall–Kier alpha value is -1.76. The first-order valence-corrected chi connectivity index (χ1v) is 5.75. The highest BCUT2D eigenvalue weighted by Gasteiger charge is 2.44. The van der Waals surface area contributed by atoms with E-state index < -0.39 is 17.9 Å². The summed E-state index contributed by atoms with van der Waals surface area (Å²) in [7, 11) is 0. The van der Waals surface area contributed by atoms with Crippen molar-refractivity contribution < 1.29 is 18.4 Å². The third-order valence-electron chi connectivity index (χ3n) is 3.21. The smallest absolute Gasteiger partial charge is 0.400 e. The second kappa shape index (κ2) is 5.08. The van der Waals surface area contributed by atoms with Gasteiger partial charge in [-0.15, -0.1) is 0 Å². The van der Waals surface area contributed by atoms with Gasteiger partial charge in [-0.25, -0.2) is 0 Å². The van der Waals surface area contributed by atoms with E-state index in [1.54, 1.807) is 4.90 Å². The Morgan fingerprint density at radius 3 is 2.26 bits per heavy atom. The minimum atomic E-state index is -4.52. The summed E-state index contributed by atoms with van der Waals surface area (Å²) in [5.41, 5.74) is 7.17. The average Bonchev–Trinajstić information content (AvgIpc) is 2.76. The number of rotatable bonds is 3. The Labute approximate surface area is 108 Å². The summed E-state index contributed by atoms with van der Waals surface area (Å²) in [5, 5.41) is 11.0. The van der Waals surface area contributed by atoms with Crippen LogP contribution in [0.25, 0.3) is 0 Å². The number of hydrogen-bond donors (Lipinski definition) is 2. The molecule has 3 N–H and O–H groups in total. The summed E-state index contributed by atoms with van der Waals surface area (Å²) < 4.78 is 38.5. The van der Waals surface area contributed by atoms with Crippen molar-refractivity contribution in [3.05, 3.63) is 35.4 Å². The zero-order chi connectivity index (χ0) is 14.0. The average molecular weight is 273 g/mol. The lowest BCUT2D eigenvalue weighted by Gasteiger charge is -2.24. The van der Waals surface area contributed by atoms with Gasteiger partial charge in [0.2, 0.25) is 0 Å².